The van der Waals surface area contributed by atoms with Crippen molar-refractivity contribution in [3.63, 3.8) is 0 Å². The molecule has 0 atom stereocenters. The summed E-state index contributed by atoms with van der Waals surface area (Å²) in [4.78, 5) is 12.9. The van der Waals surface area contributed by atoms with E-state index in [1.807, 2.05) is 11.8 Å². The van der Waals surface area contributed by atoms with Crippen LogP contribution in [0.2, 0.25) is 0 Å². The first-order valence-electron chi connectivity index (χ1n) is 8.65. The molecule has 5 heteroatoms. The zero-order valence-electron chi connectivity index (χ0n) is 14.6. The number of hydrogen-bond acceptors (Lipinski definition) is 4. The van der Waals surface area contributed by atoms with E-state index in [0.29, 0.717) is 12.1 Å². The maximum absolute atomic E-state index is 10.9. The molecule has 24 heavy (non-hydrogen) atoms. The third-order valence-electron chi connectivity index (χ3n) is 5.12. The highest BCUT2D eigenvalue weighted by Crippen LogP contribution is 2.27. The van der Waals surface area contributed by atoms with E-state index in [1.54, 1.807) is 0 Å². The Morgan fingerprint density at radius 1 is 1.29 bits per heavy atom. The Morgan fingerprint density at radius 2 is 2.00 bits per heavy atom. The minimum absolute atomic E-state index is 0.135. The SMILES string of the molecule is CCN(CC(=O)O)C1CC(NCc2cc3cc(C)c(C)cc3o2)C1. The van der Waals surface area contributed by atoms with Gasteiger partial charge in [-0.15, -0.1) is 0 Å². The number of furan rings is 1. The van der Waals surface area contributed by atoms with Crippen molar-refractivity contribution in [2.75, 3.05) is 13.1 Å². The number of carboxylic acid groups (broad SMARTS) is 1. The molecular formula is C19H26N2O3. The van der Waals surface area contributed by atoms with E-state index in [4.69, 9.17) is 9.52 Å². The molecule has 130 valence electrons. The van der Waals surface area contributed by atoms with E-state index in [2.05, 4.69) is 37.4 Å². The van der Waals surface area contributed by atoms with Crippen molar-refractivity contribution in [3.05, 3.63) is 35.1 Å². The smallest absolute Gasteiger partial charge is 0.317 e. The summed E-state index contributed by atoms with van der Waals surface area (Å²) in [5.74, 6) is 0.206. The van der Waals surface area contributed by atoms with E-state index in [0.717, 1.165) is 42.7 Å². The maximum Gasteiger partial charge on any atom is 0.317 e. The van der Waals surface area contributed by atoms with Gasteiger partial charge in [0.25, 0.3) is 0 Å². The molecule has 2 N–H and O–H groups in total. The Hall–Kier alpha value is -1.85. The van der Waals surface area contributed by atoms with Crippen molar-refractivity contribution in [1.82, 2.24) is 10.2 Å². The van der Waals surface area contributed by atoms with Crippen LogP contribution in [0.4, 0.5) is 0 Å². The summed E-state index contributed by atoms with van der Waals surface area (Å²) in [5.41, 5.74) is 3.47. The first-order valence-corrected chi connectivity index (χ1v) is 8.65. The van der Waals surface area contributed by atoms with Crippen molar-refractivity contribution in [3.8, 4) is 0 Å². The fraction of sp³-hybridized carbons (Fsp3) is 0.526. The third-order valence-corrected chi connectivity index (χ3v) is 5.12. The second-order valence-electron chi connectivity index (χ2n) is 6.85. The van der Waals surface area contributed by atoms with Crippen molar-refractivity contribution in [1.29, 1.82) is 0 Å². The fourth-order valence-electron chi connectivity index (χ4n) is 3.41. The quantitative estimate of drug-likeness (QED) is 0.817. The second kappa shape index (κ2) is 6.95. The maximum atomic E-state index is 10.9. The van der Waals surface area contributed by atoms with Crippen LogP contribution in [0.15, 0.2) is 22.6 Å². The van der Waals surface area contributed by atoms with Gasteiger partial charge in [-0.25, -0.2) is 0 Å². The topological polar surface area (TPSA) is 65.7 Å². The van der Waals surface area contributed by atoms with Gasteiger partial charge in [-0.1, -0.05) is 6.92 Å². The largest absolute Gasteiger partial charge is 0.480 e. The Morgan fingerprint density at radius 3 is 2.67 bits per heavy atom. The minimum Gasteiger partial charge on any atom is -0.480 e. The van der Waals surface area contributed by atoms with Crippen LogP contribution in [0, 0.1) is 13.8 Å². The summed E-state index contributed by atoms with van der Waals surface area (Å²) in [6, 6.07) is 7.19. The van der Waals surface area contributed by atoms with Gasteiger partial charge in [0.2, 0.25) is 0 Å². The molecule has 1 aromatic carbocycles. The molecule has 5 nitrogen and oxygen atoms in total. The first-order chi connectivity index (χ1) is 11.5. The van der Waals surface area contributed by atoms with E-state index >= 15 is 0 Å². The number of aliphatic carboxylic acids is 1. The molecule has 1 aromatic heterocycles. The van der Waals surface area contributed by atoms with Gasteiger partial charge in [-0.3, -0.25) is 9.69 Å². The molecular weight excluding hydrogens is 304 g/mol. The van der Waals surface area contributed by atoms with Crippen molar-refractivity contribution in [2.24, 2.45) is 0 Å². The average Bonchev–Trinajstić information content (AvgIpc) is 2.86. The number of nitrogens with zero attached hydrogens (tertiary/aromatic N) is 1. The van der Waals surface area contributed by atoms with Crippen molar-refractivity contribution < 1.29 is 14.3 Å². The Labute approximate surface area is 142 Å². The van der Waals surface area contributed by atoms with Gasteiger partial charge in [0, 0.05) is 17.5 Å². The monoisotopic (exact) mass is 330 g/mol. The van der Waals surface area contributed by atoms with Gasteiger partial charge in [0.1, 0.15) is 11.3 Å². The predicted octanol–water partition coefficient (Wildman–Crippen LogP) is 3.08. The highest BCUT2D eigenvalue weighted by Gasteiger charge is 2.33. The van der Waals surface area contributed by atoms with Crippen molar-refractivity contribution >= 4 is 16.9 Å². The van der Waals surface area contributed by atoms with Crippen LogP contribution >= 0.6 is 0 Å². The minimum atomic E-state index is -0.749. The summed E-state index contributed by atoms with van der Waals surface area (Å²) in [5, 5.41) is 13.6. The highest BCUT2D eigenvalue weighted by molar-refractivity contribution is 5.79. The molecule has 0 amide bonds. The summed E-state index contributed by atoms with van der Waals surface area (Å²) >= 11 is 0. The standard InChI is InChI=1S/C19H26N2O3/c1-4-21(11-19(22)23)16-8-15(9-16)20-10-17-7-14-5-12(2)13(3)6-18(14)24-17/h5-7,15-16,20H,4,8-11H2,1-3H3,(H,22,23). The molecule has 1 heterocycles. The first kappa shape index (κ1) is 17.0. The van der Waals surface area contributed by atoms with Gasteiger partial charge in [-0.05, 0) is 62.6 Å². The molecule has 1 aliphatic rings. The van der Waals surface area contributed by atoms with Gasteiger partial charge < -0.3 is 14.8 Å². The number of fused-ring (bicyclic) bond motifs is 1. The van der Waals surface area contributed by atoms with Crippen LogP contribution in [0.3, 0.4) is 0 Å². The molecule has 1 fully saturated rings. The lowest BCUT2D eigenvalue weighted by molar-refractivity contribution is -0.139. The van der Waals surface area contributed by atoms with E-state index in [9.17, 15) is 4.79 Å². The molecule has 1 aliphatic carbocycles. The van der Waals surface area contributed by atoms with Crippen LogP contribution in [0.1, 0.15) is 36.7 Å². The molecule has 2 aromatic rings. The summed E-state index contributed by atoms with van der Waals surface area (Å²) in [6.07, 6.45) is 2.00. The summed E-state index contributed by atoms with van der Waals surface area (Å²) in [6.45, 7) is 7.87. The van der Waals surface area contributed by atoms with Crippen molar-refractivity contribution in [2.45, 2.75) is 52.2 Å². The summed E-state index contributed by atoms with van der Waals surface area (Å²) in [7, 11) is 0. The van der Waals surface area contributed by atoms with Crippen LogP contribution in [0.25, 0.3) is 11.0 Å². The van der Waals surface area contributed by atoms with Crippen LogP contribution in [0.5, 0.6) is 0 Å². The lowest BCUT2D eigenvalue weighted by Gasteiger charge is -2.42. The number of likely N-dealkylation sites (N-methyl/N-ethyl adjacent to an activating group) is 1. The second-order valence-corrected chi connectivity index (χ2v) is 6.85. The highest BCUT2D eigenvalue weighted by atomic mass is 16.4. The zero-order valence-corrected chi connectivity index (χ0v) is 14.6. The number of benzene rings is 1. The van der Waals surface area contributed by atoms with Gasteiger partial charge in [0.05, 0.1) is 13.1 Å². The number of rotatable bonds is 7. The Balaban J connectivity index is 1.52. The van der Waals surface area contributed by atoms with E-state index in [-0.39, 0.29) is 6.54 Å². The Bertz CT molecular complexity index is 693. The number of carboxylic acids is 1. The molecule has 0 spiro atoms. The lowest BCUT2D eigenvalue weighted by Crippen LogP contribution is -2.53. The fourth-order valence-corrected chi connectivity index (χ4v) is 3.41. The van der Waals surface area contributed by atoms with Gasteiger partial charge in [0.15, 0.2) is 0 Å². The van der Waals surface area contributed by atoms with Gasteiger partial charge >= 0.3 is 5.97 Å². The summed E-state index contributed by atoms with van der Waals surface area (Å²) < 4.78 is 5.92. The van der Waals surface area contributed by atoms with Gasteiger partial charge in [-0.2, -0.15) is 0 Å². The lowest BCUT2D eigenvalue weighted by atomic mass is 9.85. The number of carbonyl (C=O) groups is 1. The third kappa shape index (κ3) is 3.62. The zero-order chi connectivity index (χ0) is 17.3. The van der Waals surface area contributed by atoms with E-state index < -0.39 is 5.97 Å². The predicted molar refractivity (Wildman–Crippen MR) is 94.2 cm³/mol. The molecule has 0 saturated heterocycles. The molecule has 0 bridgehead atoms. The molecule has 1 saturated carbocycles. The average molecular weight is 330 g/mol. The Kier molecular flexibility index (Phi) is 4.92. The normalized spacial score (nSPS) is 20.5. The number of nitrogens with one attached hydrogen (secondary N) is 1. The van der Waals surface area contributed by atoms with Crippen LogP contribution in [-0.2, 0) is 11.3 Å². The number of hydrogen-bond donors (Lipinski definition) is 2. The van der Waals surface area contributed by atoms with E-state index in [1.165, 1.54) is 11.1 Å². The van der Waals surface area contributed by atoms with Crippen LogP contribution in [-0.4, -0.2) is 41.1 Å². The molecule has 0 radical (unpaired) electrons. The van der Waals surface area contributed by atoms with Crippen LogP contribution < -0.4 is 5.32 Å². The number of aryl methyl sites for hydroxylation is 2. The molecule has 0 aliphatic heterocycles. The molecule has 0 unspecified atom stereocenters. The molecule has 3 rings (SSSR count).